The maximum atomic E-state index is 12.8. The Morgan fingerprint density at radius 3 is 2.64 bits per heavy atom. The smallest absolute Gasteiger partial charge is 0.254 e. The molecule has 0 unspecified atom stereocenters. The first-order chi connectivity index (χ1) is 16.2. The molecule has 0 atom stereocenters. The van der Waals surface area contributed by atoms with E-state index >= 15 is 0 Å². The molecule has 2 aliphatic rings. The van der Waals surface area contributed by atoms with E-state index in [4.69, 9.17) is 0 Å². The monoisotopic (exact) mass is 438 g/mol. The molecule has 33 heavy (non-hydrogen) atoms. The van der Waals surface area contributed by atoms with Gasteiger partial charge in [-0.2, -0.15) is 0 Å². The summed E-state index contributed by atoms with van der Waals surface area (Å²) in [6.45, 7) is 4.66. The Morgan fingerprint density at radius 1 is 0.970 bits per heavy atom. The molecule has 6 rings (SSSR count). The van der Waals surface area contributed by atoms with Crippen molar-refractivity contribution in [2.45, 2.75) is 6.54 Å². The largest absolute Gasteiger partial charge is 0.368 e. The number of hydrogen-bond donors (Lipinski definition) is 3. The van der Waals surface area contributed by atoms with Crippen molar-refractivity contribution in [3.05, 3.63) is 72.1 Å². The number of aromatic amines is 1. The number of anilines is 3. The number of hydrogen-bond acceptors (Lipinski definition) is 5. The lowest BCUT2D eigenvalue weighted by molar-refractivity contribution is 0.0966. The minimum absolute atomic E-state index is 0.0525. The third-order valence-electron chi connectivity index (χ3n) is 6.72. The van der Waals surface area contributed by atoms with Crippen molar-refractivity contribution in [2.24, 2.45) is 0 Å². The first-order valence-electron chi connectivity index (χ1n) is 11.3. The fourth-order valence-electron chi connectivity index (χ4n) is 4.85. The number of nitrogens with zero attached hydrogens (tertiary/aromatic N) is 3. The van der Waals surface area contributed by atoms with Crippen LogP contribution in [0, 0.1) is 0 Å². The zero-order valence-electron chi connectivity index (χ0n) is 18.6. The van der Waals surface area contributed by atoms with Crippen LogP contribution in [0.5, 0.6) is 0 Å². The van der Waals surface area contributed by atoms with E-state index in [1.165, 1.54) is 0 Å². The molecule has 0 bridgehead atoms. The standard InChI is InChI=1S/C26H26N6O/c1-31-10-12-32(13-11-31)17-6-9-24(28-14-17)30-23-8-7-18(21-16-29-26(33)25(21)23)20-15-27-22-5-3-2-4-19(20)22/h2-9,14-15,27H,10-13,16H2,1H3,(H,28,30)(H,29,33). The van der Waals surface area contributed by atoms with Crippen LogP contribution in [0.1, 0.15) is 15.9 Å². The highest BCUT2D eigenvalue weighted by Crippen LogP contribution is 2.38. The van der Waals surface area contributed by atoms with Crippen molar-refractivity contribution < 1.29 is 4.79 Å². The number of rotatable bonds is 4. The fourth-order valence-corrected chi connectivity index (χ4v) is 4.85. The Kier molecular flexibility index (Phi) is 4.77. The minimum atomic E-state index is -0.0525. The number of aromatic nitrogens is 2. The molecule has 0 radical (unpaired) electrons. The minimum Gasteiger partial charge on any atom is -0.368 e. The number of nitrogens with one attached hydrogen (secondary N) is 3. The van der Waals surface area contributed by atoms with Gasteiger partial charge < -0.3 is 25.4 Å². The number of amides is 1. The molecule has 0 spiro atoms. The zero-order chi connectivity index (χ0) is 22.4. The third-order valence-corrected chi connectivity index (χ3v) is 6.72. The number of carbonyl (C=O) groups excluding carboxylic acids is 1. The molecule has 3 N–H and O–H groups in total. The maximum Gasteiger partial charge on any atom is 0.254 e. The van der Waals surface area contributed by atoms with Crippen LogP contribution in [0.3, 0.4) is 0 Å². The van der Waals surface area contributed by atoms with Crippen molar-refractivity contribution in [3.8, 4) is 11.1 Å². The van der Waals surface area contributed by atoms with Crippen LogP contribution >= 0.6 is 0 Å². The Hall–Kier alpha value is -3.84. The molecule has 4 heterocycles. The first-order valence-corrected chi connectivity index (χ1v) is 11.3. The molecule has 0 saturated carbocycles. The SMILES string of the molecule is CN1CCN(c2ccc(Nc3ccc(-c4c[nH]c5ccccc45)c4c3C(=O)NC4)nc2)CC1. The summed E-state index contributed by atoms with van der Waals surface area (Å²) in [5.74, 6) is 0.679. The first kappa shape index (κ1) is 19.8. The normalized spacial score (nSPS) is 16.2. The molecule has 2 aromatic carbocycles. The summed E-state index contributed by atoms with van der Waals surface area (Å²) >= 11 is 0. The van der Waals surface area contributed by atoms with Gasteiger partial charge in [0.1, 0.15) is 5.82 Å². The molecule has 1 amide bonds. The number of benzene rings is 2. The highest BCUT2D eigenvalue weighted by molar-refractivity contribution is 6.07. The average molecular weight is 439 g/mol. The quantitative estimate of drug-likeness (QED) is 0.450. The Bertz CT molecular complexity index is 1330. The van der Waals surface area contributed by atoms with Gasteiger partial charge in [-0.3, -0.25) is 4.79 Å². The lowest BCUT2D eigenvalue weighted by atomic mass is 9.95. The van der Waals surface area contributed by atoms with Gasteiger partial charge in [0.25, 0.3) is 5.91 Å². The number of fused-ring (bicyclic) bond motifs is 2. The molecular formula is C26H26N6O. The van der Waals surface area contributed by atoms with E-state index in [9.17, 15) is 4.79 Å². The van der Waals surface area contributed by atoms with Crippen molar-refractivity contribution >= 4 is 34.0 Å². The molecule has 1 saturated heterocycles. The molecule has 0 aliphatic carbocycles. The third kappa shape index (κ3) is 3.50. The van der Waals surface area contributed by atoms with Crippen LogP contribution in [-0.4, -0.2) is 54.0 Å². The summed E-state index contributed by atoms with van der Waals surface area (Å²) < 4.78 is 0. The van der Waals surface area contributed by atoms with Gasteiger partial charge in [-0.05, 0) is 42.4 Å². The average Bonchev–Trinajstić information content (AvgIpc) is 3.45. The lowest BCUT2D eigenvalue weighted by Crippen LogP contribution is -2.44. The van der Waals surface area contributed by atoms with Crippen molar-refractivity contribution in [1.29, 1.82) is 0 Å². The number of piperazine rings is 1. The maximum absolute atomic E-state index is 12.8. The zero-order valence-corrected chi connectivity index (χ0v) is 18.6. The van der Waals surface area contributed by atoms with Crippen molar-refractivity contribution in [3.63, 3.8) is 0 Å². The van der Waals surface area contributed by atoms with Crippen molar-refractivity contribution in [1.82, 2.24) is 20.2 Å². The number of likely N-dealkylation sites (N-methyl/N-ethyl adjacent to an activating group) is 1. The second-order valence-corrected chi connectivity index (χ2v) is 8.76. The van der Waals surface area contributed by atoms with Crippen LogP contribution in [0.25, 0.3) is 22.0 Å². The molecule has 2 aromatic heterocycles. The van der Waals surface area contributed by atoms with Gasteiger partial charge in [-0.1, -0.05) is 24.3 Å². The Labute approximate surface area is 192 Å². The van der Waals surface area contributed by atoms with Crippen LogP contribution in [0.15, 0.2) is 60.9 Å². The lowest BCUT2D eigenvalue weighted by Gasteiger charge is -2.33. The topological polar surface area (TPSA) is 76.3 Å². The highest BCUT2D eigenvalue weighted by Gasteiger charge is 2.27. The summed E-state index contributed by atoms with van der Waals surface area (Å²) in [5, 5.41) is 7.53. The van der Waals surface area contributed by atoms with E-state index in [1.807, 2.05) is 36.7 Å². The van der Waals surface area contributed by atoms with Gasteiger partial charge >= 0.3 is 0 Å². The molecule has 7 heteroatoms. The summed E-state index contributed by atoms with van der Waals surface area (Å²) in [4.78, 5) is 25.4. The van der Waals surface area contributed by atoms with E-state index < -0.39 is 0 Å². The number of para-hydroxylation sites is 1. The predicted octanol–water partition coefficient (Wildman–Crippen LogP) is 3.97. The van der Waals surface area contributed by atoms with Crippen LogP contribution in [0.2, 0.25) is 0 Å². The van der Waals surface area contributed by atoms with E-state index in [2.05, 4.69) is 61.7 Å². The second-order valence-electron chi connectivity index (χ2n) is 8.76. The van der Waals surface area contributed by atoms with Gasteiger partial charge in [0.15, 0.2) is 0 Å². The second kappa shape index (κ2) is 7.94. The predicted molar refractivity (Wildman–Crippen MR) is 132 cm³/mol. The van der Waals surface area contributed by atoms with Gasteiger partial charge in [-0.25, -0.2) is 4.98 Å². The van der Waals surface area contributed by atoms with Gasteiger partial charge in [0.05, 0.1) is 23.1 Å². The number of pyridine rings is 1. The Balaban J connectivity index is 1.31. The summed E-state index contributed by atoms with van der Waals surface area (Å²) in [6, 6.07) is 16.4. The summed E-state index contributed by atoms with van der Waals surface area (Å²) in [6.07, 6.45) is 3.93. The highest BCUT2D eigenvalue weighted by atomic mass is 16.1. The number of H-pyrrole nitrogens is 1. The van der Waals surface area contributed by atoms with E-state index in [0.717, 1.165) is 71.0 Å². The molecular weight excluding hydrogens is 412 g/mol. The van der Waals surface area contributed by atoms with E-state index in [0.29, 0.717) is 12.1 Å². The van der Waals surface area contributed by atoms with E-state index in [1.54, 1.807) is 0 Å². The van der Waals surface area contributed by atoms with Crippen LogP contribution in [-0.2, 0) is 6.54 Å². The van der Waals surface area contributed by atoms with Crippen LogP contribution < -0.4 is 15.5 Å². The summed E-state index contributed by atoms with van der Waals surface area (Å²) in [7, 11) is 2.15. The van der Waals surface area contributed by atoms with Crippen molar-refractivity contribution in [2.75, 3.05) is 43.4 Å². The molecule has 166 valence electrons. The molecule has 7 nitrogen and oxygen atoms in total. The van der Waals surface area contributed by atoms with Gasteiger partial charge in [0.2, 0.25) is 0 Å². The molecule has 2 aliphatic heterocycles. The molecule has 4 aromatic rings. The molecule has 1 fully saturated rings. The Morgan fingerprint density at radius 2 is 1.82 bits per heavy atom. The van der Waals surface area contributed by atoms with E-state index in [-0.39, 0.29) is 5.91 Å². The van der Waals surface area contributed by atoms with Gasteiger partial charge in [-0.15, -0.1) is 0 Å². The van der Waals surface area contributed by atoms with Crippen LogP contribution in [0.4, 0.5) is 17.2 Å². The fraction of sp³-hybridized carbons (Fsp3) is 0.231. The van der Waals surface area contributed by atoms with Gasteiger partial charge in [0, 0.05) is 55.4 Å². The number of carbonyl (C=O) groups is 1. The summed E-state index contributed by atoms with van der Waals surface area (Å²) in [5.41, 5.74) is 6.90.